The third-order valence-electron chi connectivity index (χ3n) is 7.50. The van der Waals surface area contributed by atoms with Crippen molar-refractivity contribution < 1.29 is 38.1 Å². The topological polar surface area (TPSA) is 146 Å². The third kappa shape index (κ3) is 8.49. The third-order valence-corrected chi connectivity index (χ3v) is 8.09. The van der Waals surface area contributed by atoms with Crippen molar-refractivity contribution in [2.45, 2.75) is 26.5 Å². The standard InChI is InChI=1S/C36H35BrN4O8/c1-5-47-35(43)32-21(2)39-36(44)40-33(32)26-12-13-28(29(17-26)45-3)48-20-31(42)41-38-18-23-15-27(37)34(30(16-23)46-4)49-19-22-10-11-24-8-6-7-9-25(24)14-22/h6-18,33H,5,19-20H2,1-4H3,(H,41,42)(H2,39,40,44)/b38-18-/t33-/m1/s1. The van der Waals surface area contributed by atoms with Gasteiger partial charge in [0, 0.05) is 5.70 Å². The number of carbonyl (C=O) groups excluding carboxylic acids is 3. The van der Waals surface area contributed by atoms with E-state index in [1.807, 2.05) is 18.2 Å². The normalized spacial score (nSPS) is 14.2. The van der Waals surface area contributed by atoms with Crippen LogP contribution in [0, 0.1) is 0 Å². The molecule has 1 heterocycles. The van der Waals surface area contributed by atoms with Gasteiger partial charge < -0.3 is 34.3 Å². The second-order valence-electron chi connectivity index (χ2n) is 10.8. The summed E-state index contributed by atoms with van der Waals surface area (Å²) in [4.78, 5) is 37.4. The van der Waals surface area contributed by atoms with E-state index in [4.69, 9.17) is 23.7 Å². The quantitative estimate of drug-likeness (QED) is 0.0874. The summed E-state index contributed by atoms with van der Waals surface area (Å²) in [7, 11) is 2.99. The number of carbonyl (C=O) groups is 3. The highest BCUT2D eigenvalue weighted by molar-refractivity contribution is 9.10. The van der Waals surface area contributed by atoms with Crippen molar-refractivity contribution in [3.8, 4) is 23.0 Å². The van der Waals surface area contributed by atoms with Crippen LogP contribution < -0.4 is 35.0 Å². The Morgan fingerprint density at radius 3 is 2.47 bits per heavy atom. The first-order valence-corrected chi connectivity index (χ1v) is 16.1. The Bertz CT molecular complexity index is 1940. The predicted octanol–water partition coefficient (Wildman–Crippen LogP) is 5.92. The summed E-state index contributed by atoms with van der Waals surface area (Å²) in [6.07, 6.45) is 1.47. The van der Waals surface area contributed by atoms with Gasteiger partial charge in [-0.05, 0) is 87.6 Å². The second-order valence-corrected chi connectivity index (χ2v) is 11.6. The summed E-state index contributed by atoms with van der Waals surface area (Å²) in [6, 6.07) is 21.5. The Hall–Kier alpha value is -5.56. The summed E-state index contributed by atoms with van der Waals surface area (Å²) >= 11 is 3.56. The van der Waals surface area contributed by atoms with Crippen LogP contribution >= 0.6 is 15.9 Å². The van der Waals surface area contributed by atoms with Crippen molar-refractivity contribution >= 4 is 50.8 Å². The van der Waals surface area contributed by atoms with E-state index >= 15 is 0 Å². The maximum atomic E-state index is 12.6. The number of hydrazone groups is 1. The highest BCUT2D eigenvalue weighted by Crippen LogP contribution is 2.37. The maximum Gasteiger partial charge on any atom is 0.338 e. The first-order chi connectivity index (χ1) is 23.7. The first kappa shape index (κ1) is 34.8. The first-order valence-electron chi connectivity index (χ1n) is 15.3. The predicted molar refractivity (Wildman–Crippen MR) is 187 cm³/mol. The molecule has 1 aliphatic heterocycles. The fraction of sp³-hybridized carbons (Fsp3) is 0.222. The summed E-state index contributed by atoms with van der Waals surface area (Å²) in [5.41, 5.74) is 5.31. The van der Waals surface area contributed by atoms with Gasteiger partial charge in [0.2, 0.25) is 0 Å². The van der Waals surface area contributed by atoms with Crippen LogP contribution in [0.2, 0.25) is 0 Å². The number of rotatable bonds is 13. The lowest BCUT2D eigenvalue weighted by Gasteiger charge is -2.28. The van der Waals surface area contributed by atoms with Gasteiger partial charge >= 0.3 is 12.0 Å². The molecule has 0 radical (unpaired) electrons. The van der Waals surface area contributed by atoms with E-state index in [1.165, 1.54) is 13.3 Å². The van der Waals surface area contributed by atoms with Gasteiger partial charge in [0.25, 0.3) is 5.91 Å². The molecule has 0 aromatic heterocycles. The van der Waals surface area contributed by atoms with E-state index in [0.717, 1.165) is 16.3 Å². The van der Waals surface area contributed by atoms with Crippen molar-refractivity contribution in [2.24, 2.45) is 5.10 Å². The Kier molecular flexibility index (Phi) is 11.4. The molecule has 3 N–H and O–H groups in total. The molecular weight excluding hydrogens is 696 g/mol. The molecule has 0 spiro atoms. The SMILES string of the molecule is CCOC(=O)C1=C(C)NC(=O)N[C@@H]1c1ccc(OCC(=O)N/N=C\c2cc(Br)c(OCc3ccc4ccccc4c3)c(OC)c2)c(OC)c1. The van der Waals surface area contributed by atoms with Crippen LogP contribution in [-0.2, 0) is 20.9 Å². The zero-order valence-electron chi connectivity index (χ0n) is 27.3. The molecule has 0 unspecified atom stereocenters. The molecule has 4 aromatic carbocycles. The fourth-order valence-electron chi connectivity index (χ4n) is 5.20. The Morgan fingerprint density at radius 2 is 1.71 bits per heavy atom. The number of allylic oxidation sites excluding steroid dienone is 1. The van der Waals surface area contributed by atoms with Crippen molar-refractivity contribution in [3.63, 3.8) is 0 Å². The number of urea groups is 1. The molecule has 0 aliphatic carbocycles. The highest BCUT2D eigenvalue weighted by Gasteiger charge is 2.32. The van der Waals surface area contributed by atoms with Gasteiger partial charge in [-0.3, -0.25) is 4.79 Å². The average molecular weight is 732 g/mol. The van der Waals surface area contributed by atoms with Gasteiger partial charge in [-0.15, -0.1) is 0 Å². The van der Waals surface area contributed by atoms with Gasteiger partial charge in [0.1, 0.15) is 6.61 Å². The zero-order chi connectivity index (χ0) is 34.9. The minimum atomic E-state index is -0.780. The van der Waals surface area contributed by atoms with E-state index in [1.54, 1.807) is 51.3 Å². The van der Waals surface area contributed by atoms with Gasteiger partial charge in [-0.1, -0.05) is 42.5 Å². The minimum absolute atomic E-state index is 0.179. The van der Waals surface area contributed by atoms with Crippen LogP contribution in [0.1, 0.15) is 36.6 Å². The number of nitrogens with one attached hydrogen (secondary N) is 3. The average Bonchev–Trinajstić information content (AvgIpc) is 3.09. The molecular formula is C36H35BrN4O8. The Labute approximate surface area is 291 Å². The lowest BCUT2D eigenvalue weighted by atomic mass is 9.95. The van der Waals surface area contributed by atoms with Crippen molar-refractivity contribution in [3.05, 3.63) is 105 Å². The molecule has 1 aliphatic rings. The molecule has 1 atom stereocenters. The van der Waals surface area contributed by atoms with Crippen molar-refractivity contribution in [1.82, 2.24) is 16.1 Å². The van der Waals surface area contributed by atoms with Gasteiger partial charge in [-0.25, -0.2) is 15.0 Å². The van der Waals surface area contributed by atoms with Crippen LogP contribution in [0.5, 0.6) is 23.0 Å². The van der Waals surface area contributed by atoms with Crippen LogP contribution in [0.25, 0.3) is 10.8 Å². The molecule has 4 aromatic rings. The summed E-state index contributed by atoms with van der Waals surface area (Å²) in [6.45, 7) is 3.49. The molecule has 12 nitrogen and oxygen atoms in total. The van der Waals surface area contributed by atoms with E-state index in [0.29, 0.717) is 45.2 Å². The van der Waals surface area contributed by atoms with Crippen molar-refractivity contribution in [1.29, 1.82) is 0 Å². The second kappa shape index (κ2) is 16.0. The molecule has 3 amide bonds. The number of hydrogen-bond acceptors (Lipinski definition) is 9. The number of nitrogens with zero attached hydrogens (tertiary/aromatic N) is 1. The molecule has 254 valence electrons. The van der Waals surface area contributed by atoms with Crippen LogP contribution in [0.4, 0.5) is 4.79 Å². The molecule has 13 heteroatoms. The van der Waals surface area contributed by atoms with Crippen molar-refractivity contribution in [2.75, 3.05) is 27.4 Å². The smallest absolute Gasteiger partial charge is 0.338 e. The van der Waals surface area contributed by atoms with Gasteiger partial charge in [0.15, 0.2) is 29.6 Å². The fourth-order valence-corrected chi connectivity index (χ4v) is 5.77. The van der Waals surface area contributed by atoms with Crippen LogP contribution in [-0.4, -0.2) is 51.6 Å². The number of hydrogen-bond donors (Lipinski definition) is 3. The number of benzene rings is 4. The van der Waals surface area contributed by atoms with Crippen LogP contribution in [0.15, 0.2) is 93.6 Å². The molecule has 0 saturated heterocycles. The molecule has 5 rings (SSSR count). The molecule has 0 fully saturated rings. The number of methoxy groups -OCH3 is 2. The van der Waals surface area contributed by atoms with E-state index in [-0.39, 0.29) is 24.5 Å². The monoisotopic (exact) mass is 730 g/mol. The molecule has 0 bridgehead atoms. The Balaban J connectivity index is 1.19. The van der Waals surface area contributed by atoms with E-state index < -0.39 is 23.9 Å². The maximum absolute atomic E-state index is 12.6. The largest absolute Gasteiger partial charge is 0.493 e. The van der Waals surface area contributed by atoms with E-state index in [2.05, 4.69) is 61.4 Å². The molecule has 0 saturated carbocycles. The van der Waals surface area contributed by atoms with Gasteiger partial charge in [0.05, 0.1) is 43.1 Å². The molecule has 49 heavy (non-hydrogen) atoms. The van der Waals surface area contributed by atoms with Gasteiger partial charge in [-0.2, -0.15) is 5.10 Å². The Morgan fingerprint density at radius 1 is 0.939 bits per heavy atom. The highest BCUT2D eigenvalue weighted by atomic mass is 79.9. The lowest BCUT2D eigenvalue weighted by molar-refractivity contribution is -0.139. The summed E-state index contributed by atoms with van der Waals surface area (Å²) in [5, 5.41) is 11.7. The number of halogens is 1. The zero-order valence-corrected chi connectivity index (χ0v) is 28.9. The number of ether oxygens (including phenoxy) is 5. The summed E-state index contributed by atoms with van der Waals surface area (Å²) in [5.74, 6) is 0.528. The minimum Gasteiger partial charge on any atom is -0.493 e. The number of fused-ring (bicyclic) bond motifs is 1. The lowest BCUT2D eigenvalue weighted by Crippen LogP contribution is -2.45. The number of amides is 3. The van der Waals surface area contributed by atoms with Crippen LogP contribution in [0.3, 0.4) is 0 Å². The summed E-state index contributed by atoms with van der Waals surface area (Å²) < 4.78 is 28.7. The van der Waals surface area contributed by atoms with E-state index in [9.17, 15) is 14.4 Å². The number of esters is 1.